The summed E-state index contributed by atoms with van der Waals surface area (Å²) >= 11 is 0. The number of carboxylic acids is 2. The van der Waals surface area contributed by atoms with Gasteiger partial charge in [0.25, 0.3) is 0 Å². The number of anilines is 1. The third kappa shape index (κ3) is 6.41. The monoisotopic (exact) mass is 450 g/mol. The Bertz CT molecular complexity index is 1010. The van der Waals surface area contributed by atoms with Crippen molar-refractivity contribution >= 4 is 38.4 Å². The lowest BCUT2D eigenvalue weighted by atomic mass is 10.1. The molecule has 0 aliphatic carbocycles. The number of fused-ring (bicyclic) bond motifs is 1. The van der Waals surface area contributed by atoms with Crippen molar-refractivity contribution in [1.29, 1.82) is 0 Å². The minimum absolute atomic E-state index is 0.0746. The fourth-order valence-corrected chi connectivity index (χ4v) is 4.84. The van der Waals surface area contributed by atoms with Gasteiger partial charge in [0.15, 0.2) is 0 Å². The summed E-state index contributed by atoms with van der Waals surface area (Å²) in [4.78, 5) is 24.5. The molecule has 1 unspecified atom stereocenters. The van der Waals surface area contributed by atoms with Crippen LogP contribution in [0.3, 0.4) is 0 Å². The summed E-state index contributed by atoms with van der Waals surface area (Å²) in [7, 11) is -4.27. The summed E-state index contributed by atoms with van der Waals surface area (Å²) in [6, 6.07) is 8.53. The number of rotatable bonds is 13. The van der Waals surface area contributed by atoms with Gasteiger partial charge in [-0.3, -0.25) is 9.59 Å². The van der Waals surface area contributed by atoms with Crippen molar-refractivity contribution in [2.45, 2.75) is 56.9 Å². The minimum Gasteiger partial charge on any atom is -0.481 e. The van der Waals surface area contributed by atoms with Crippen LogP contribution >= 0.6 is 0 Å². The van der Waals surface area contributed by atoms with Crippen molar-refractivity contribution in [2.75, 3.05) is 18.0 Å². The zero-order valence-electron chi connectivity index (χ0n) is 17.9. The topological polar surface area (TPSA) is 124 Å². The van der Waals surface area contributed by atoms with Crippen LogP contribution in [0, 0.1) is 0 Å². The molecule has 0 spiro atoms. The SMILES string of the molecule is CCCCN(CCCC)c1cccc2c(S(=O)(=O)NC(CC(=O)O)C(=O)O)cccc12. The quantitative estimate of drug-likeness (QED) is 0.427. The molecule has 0 saturated heterocycles. The molecule has 2 aromatic rings. The number of carboxylic acid groups (broad SMARTS) is 2. The van der Waals surface area contributed by atoms with Crippen LogP contribution in [-0.2, 0) is 19.6 Å². The molecule has 31 heavy (non-hydrogen) atoms. The number of nitrogens with zero attached hydrogens (tertiary/aromatic N) is 1. The molecule has 1 atom stereocenters. The predicted molar refractivity (Wildman–Crippen MR) is 120 cm³/mol. The summed E-state index contributed by atoms with van der Waals surface area (Å²) in [5, 5.41) is 19.4. The maximum absolute atomic E-state index is 13.0. The lowest BCUT2D eigenvalue weighted by molar-refractivity contribution is -0.145. The van der Waals surface area contributed by atoms with E-state index in [2.05, 4.69) is 18.7 Å². The van der Waals surface area contributed by atoms with Crippen LogP contribution in [0.2, 0.25) is 0 Å². The Morgan fingerprint density at radius 1 is 0.968 bits per heavy atom. The highest BCUT2D eigenvalue weighted by atomic mass is 32.2. The Morgan fingerprint density at radius 3 is 2.10 bits per heavy atom. The normalized spacial score (nSPS) is 12.6. The maximum Gasteiger partial charge on any atom is 0.322 e. The highest BCUT2D eigenvalue weighted by Gasteiger charge is 2.29. The summed E-state index contributed by atoms with van der Waals surface area (Å²) in [5.74, 6) is -2.95. The van der Waals surface area contributed by atoms with E-state index in [0.29, 0.717) is 5.39 Å². The van der Waals surface area contributed by atoms with Crippen molar-refractivity contribution in [1.82, 2.24) is 4.72 Å². The van der Waals surface area contributed by atoms with Crippen molar-refractivity contribution in [3.63, 3.8) is 0 Å². The number of nitrogens with one attached hydrogen (secondary N) is 1. The van der Waals surface area contributed by atoms with Gasteiger partial charge >= 0.3 is 11.9 Å². The van der Waals surface area contributed by atoms with Crippen molar-refractivity contribution in [2.24, 2.45) is 0 Å². The first kappa shape index (κ1) is 24.6. The van der Waals surface area contributed by atoms with Crippen molar-refractivity contribution in [3.05, 3.63) is 36.4 Å². The lowest BCUT2D eigenvalue weighted by Crippen LogP contribution is -2.42. The van der Waals surface area contributed by atoms with Gasteiger partial charge < -0.3 is 15.1 Å². The van der Waals surface area contributed by atoms with E-state index in [1.54, 1.807) is 18.2 Å². The molecule has 0 amide bonds. The maximum atomic E-state index is 13.0. The molecule has 0 saturated carbocycles. The minimum atomic E-state index is -4.27. The van der Waals surface area contributed by atoms with E-state index in [9.17, 15) is 23.1 Å². The van der Waals surface area contributed by atoms with Gasteiger partial charge in [0.05, 0.1) is 11.3 Å². The van der Waals surface area contributed by atoms with E-state index in [1.165, 1.54) is 6.07 Å². The third-order valence-electron chi connectivity index (χ3n) is 5.03. The second-order valence-electron chi connectivity index (χ2n) is 7.43. The Kier molecular flexibility index (Phi) is 8.82. The zero-order valence-corrected chi connectivity index (χ0v) is 18.7. The Balaban J connectivity index is 2.51. The van der Waals surface area contributed by atoms with Gasteiger partial charge in [0.2, 0.25) is 10.0 Å². The molecule has 0 fully saturated rings. The van der Waals surface area contributed by atoms with E-state index in [-0.39, 0.29) is 4.90 Å². The summed E-state index contributed by atoms with van der Waals surface area (Å²) in [6.07, 6.45) is 3.24. The Morgan fingerprint density at radius 2 is 1.55 bits per heavy atom. The number of hydrogen-bond donors (Lipinski definition) is 3. The average molecular weight is 451 g/mol. The number of hydrogen-bond acceptors (Lipinski definition) is 5. The lowest BCUT2D eigenvalue weighted by Gasteiger charge is -2.26. The molecule has 9 heteroatoms. The van der Waals surface area contributed by atoms with Crippen LogP contribution in [0.25, 0.3) is 10.8 Å². The first-order valence-corrected chi connectivity index (χ1v) is 11.9. The molecular weight excluding hydrogens is 420 g/mol. The van der Waals surface area contributed by atoms with Crippen LogP contribution in [0.4, 0.5) is 5.69 Å². The molecule has 2 rings (SSSR count). The molecule has 0 aromatic heterocycles. The van der Waals surface area contributed by atoms with E-state index < -0.39 is 34.4 Å². The number of sulfonamides is 1. The fraction of sp³-hybridized carbons (Fsp3) is 0.455. The van der Waals surface area contributed by atoms with Gasteiger partial charge in [0, 0.05) is 29.5 Å². The van der Waals surface area contributed by atoms with Gasteiger partial charge in [-0.2, -0.15) is 4.72 Å². The summed E-state index contributed by atoms with van der Waals surface area (Å²) in [6.45, 7) is 5.94. The zero-order chi connectivity index (χ0) is 23.0. The smallest absolute Gasteiger partial charge is 0.322 e. The predicted octanol–water partition coefficient (Wildman–Crippen LogP) is 3.45. The number of aliphatic carboxylic acids is 2. The molecule has 0 heterocycles. The van der Waals surface area contributed by atoms with Crippen LogP contribution in [0.5, 0.6) is 0 Å². The second-order valence-corrected chi connectivity index (χ2v) is 9.11. The number of unbranched alkanes of at least 4 members (excludes halogenated alkanes) is 2. The molecule has 3 N–H and O–H groups in total. The number of benzene rings is 2. The van der Waals surface area contributed by atoms with E-state index in [0.717, 1.165) is 49.8 Å². The highest BCUT2D eigenvalue weighted by Crippen LogP contribution is 2.31. The van der Waals surface area contributed by atoms with Gasteiger partial charge in [-0.05, 0) is 25.0 Å². The van der Waals surface area contributed by atoms with Crippen molar-refractivity contribution in [3.8, 4) is 0 Å². The fourth-order valence-electron chi connectivity index (χ4n) is 3.43. The summed E-state index contributed by atoms with van der Waals surface area (Å²) < 4.78 is 28.0. The van der Waals surface area contributed by atoms with Gasteiger partial charge in [-0.1, -0.05) is 51.0 Å². The van der Waals surface area contributed by atoms with Crippen molar-refractivity contribution < 1.29 is 28.2 Å². The highest BCUT2D eigenvalue weighted by molar-refractivity contribution is 7.89. The van der Waals surface area contributed by atoms with Gasteiger partial charge in [0.1, 0.15) is 6.04 Å². The van der Waals surface area contributed by atoms with Crippen LogP contribution < -0.4 is 9.62 Å². The molecule has 170 valence electrons. The van der Waals surface area contributed by atoms with E-state index >= 15 is 0 Å². The van der Waals surface area contributed by atoms with Gasteiger partial charge in [-0.25, -0.2) is 8.42 Å². The van der Waals surface area contributed by atoms with E-state index in [4.69, 9.17) is 5.11 Å². The molecule has 0 bridgehead atoms. The standard InChI is InChI=1S/C22H30N2O6S/c1-3-5-13-24(14-6-4-2)19-11-7-10-17-16(19)9-8-12-20(17)31(29,30)23-18(22(27)28)15-21(25)26/h7-12,18,23H,3-6,13-15H2,1-2H3,(H,25,26)(H,27,28). The third-order valence-corrected chi connectivity index (χ3v) is 6.56. The Hall–Kier alpha value is -2.65. The van der Waals surface area contributed by atoms with E-state index in [1.807, 2.05) is 16.9 Å². The van der Waals surface area contributed by atoms with Crippen LogP contribution in [-0.4, -0.2) is 49.7 Å². The molecule has 0 radical (unpaired) electrons. The largest absolute Gasteiger partial charge is 0.481 e. The molecule has 0 aliphatic rings. The molecule has 0 aliphatic heterocycles. The molecular formula is C22H30N2O6S. The molecule has 8 nitrogen and oxygen atoms in total. The first-order valence-electron chi connectivity index (χ1n) is 10.4. The summed E-state index contributed by atoms with van der Waals surface area (Å²) in [5.41, 5.74) is 0.928. The Labute approximate surface area is 182 Å². The number of carbonyl (C=O) groups is 2. The second kappa shape index (κ2) is 11.1. The molecule has 2 aromatic carbocycles. The van der Waals surface area contributed by atoms with Crippen LogP contribution in [0.1, 0.15) is 46.0 Å². The average Bonchev–Trinajstić information content (AvgIpc) is 2.72. The van der Waals surface area contributed by atoms with Gasteiger partial charge in [-0.15, -0.1) is 0 Å². The first-order chi connectivity index (χ1) is 14.7. The van der Waals surface area contributed by atoms with Crippen LogP contribution in [0.15, 0.2) is 41.3 Å².